The molecule has 0 aliphatic carbocycles. The van der Waals surface area contributed by atoms with Gasteiger partial charge in [0.1, 0.15) is 0 Å². The summed E-state index contributed by atoms with van der Waals surface area (Å²) in [6.45, 7) is 1.43. The molecule has 1 aliphatic heterocycles. The minimum Gasteiger partial charge on any atom is -0.481 e. The number of carboxylic acids is 1. The Kier molecular flexibility index (Phi) is 5.87. The first-order valence-electron chi connectivity index (χ1n) is 5.92. The van der Waals surface area contributed by atoms with Crippen molar-refractivity contribution in [2.24, 2.45) is 0 Å². The van der Waals surface area contributed by atoms with E-state index in [-0.39, 0.29) is 18.6 Å². The number of carbonyl (C=O) groups is 1. The minimum atomic E-state index is -3.31. The molecule has 1 saturated heterocycles. The fraction of sp³-hybridized carbons (Fsp3) is 0.900. The second-order valence-electron chi connectivity index (χ2n) is 4.29. The molecule has 3 N–H and O–H groups in total. The van der Waals surface area contributed by atoms with Crippen molar-refractivity contribution in [3.05, 3.63) is 0 Å². The summed E-state index contributed by atoms with van der Waals surface area (Å²) in [6, 6.07) is 0.414. The van der Waals surface area contributed by atoms with E-state index in [0.29, 0.717) is 12.6 Å². The summed E-state index contributed by atoms with van der Waals surface area (Å²) in [7, 11) is -3.31. The van der Waals surface area contributed by atoms with Gasteiger partial charge in [-0.3, -0.25) is 4.79 Å². The summed E-state index contributed by atoms with van der Waals surface area (Å²) in [4.78, 5) is 10.2. The average Bonchev–Trinajstić information content (AvgIpc) is 2.69. The van der Waals surface area contributed by atoms with Crippen LogP contribution < -0.4 is 10.0 Å². The molecule has 1 rings (SSSR count). The van der Waals surface area contributed by atoms with Crippen LogP contribution in [-0.4, -0.2) is 44.4 Å². The maximum absolute atomic E-state index is 11.5. The van der Waals surface area contributed by atoms with Crippen LogP contribution in [-0.2, 0) is 14.8 Å². The molecule has 1 aliphatic rings. The quantitative estimate of drug-likeness (QED) is 0.569. The zero-order valence-corrected chi connectivity index (χ0v) is 10.6. The van der Waals surface area contributed by atoms with Crippen molar-refractivity contribution in [3.8, 4) is 0 Å². The highest BCUT2D eigenvalue weighted by Gasteiger charge is 2.15. The highest BCUT2D eigenvalue weighted by atomic mass is 32.2. The van der Waals surface area contributed by atoms with Crippen LogP contribution in [0, 0.1) is 0 Å². The van der Waals surface area contributed by atoms with Crippen LogP contribution in [0.25, 0.3) is 0 Å². The molecule has 0 amide bonds. The third kappa shape index (κ3) is 6.60. The fourth-order valence-corrected chi connectivity index (χ4v) is 2.97. The van der Waals surface area contributed by atoms with Crippen LogP contribution >= 0.6 is 0 Å². The molecule has 7 heteroatoms. The number of aliphatic carboxylic acids is 1. The van der Waals surface area contributed by atoms with Gasteiger partial charge in [-0.05, 0) is 32.2 Å². The van der Waals surface area contributed by atoms with Crippen molar-refractivity contribution < 1.29 is 18.3 Å². The van der Waals surface area contributed by atoms with E-state index in [4.69, 9.17) is 5.11 Å². The van der Waals surface area contributed by atoms with Crippen LogP contribution in [0.5, 0.6) is 0 Å². The fourth-order valence-electron chi connectivity index (χ4n) is 1.88. The van der Waals surface area contributed by atoms with E-state index < -0.39 is 16.0 Å². The van der Waals surface area contributed by atoms with E-state index in [1.165, 1.54) is 0 Å². The molecular weight excluding hydrogens is 244 g/mol. The lowest BCUT2D eigenvalue weighted by molar-refractivity contribution is -0.137. The molecule has 0 aromatic carbocycles. The van der Waals surface area contributed by atoms with E-state index in [9.17, 15) is 13.2 Å². The minimum absolute atomic E-state index is 0.106. The highest BCUT2D eigenvalue weighted by Crippen LogP contribution is 2.07. The standard InChI is InChI=1S/C10H20N2O4S/c13-10(14)4-2-8-17(15,16)12-7-5-9-3-1-6-11-9/h9,11-12H,1-8H2,(H,13,14)/t9-/m0/s1. The Balaban J connectivity index is 2.13. The molecule has 1 fully saturated rings. The first-order chi connectivity index (χ1) is 7.99. The lowest BCUT2D eigenvalue weighted by Crippen LogP contribution is -2.32. The molecule has 0 spiro atoms. The predicted molar refractivity (Wildman–Crippen MR) is 64.3 cm³/mol. The van der Waals surface area contributed by atoms with Gasteiger partial charge in [0.25, 0.3) is 0 Å². The van der Waals surface area contributed by atoms with Crippen LogP contribution in [0.1, 0.15) is 32.1 Å². The van der Waals surface area contributed by atoms with Crippen molar-refractivity contribution in [3.63, 3.8) is 0 Å². The molecule has 6 nitrogen and oxygen atoms in total. The number of hydrogen-bond donors (Lipinski definition) is 3. The number of rotatable bonds is 8. The Labute approximate surface area is 102 Å². The molecule has 0 saturated carbocycles. The van der Waals surface area contributed by atoms with Gasteiger partial charge in [-0.2, -0.15) is 0 Å². The zero-order valence-electron chi connectivity index (χ0n) is 9.81. The van der Waals surface area contributed by atoms with Gasteiger partial charge in [0.05, 0.1) is 5.75 Å². The molecule has 1 atom stereocenters. The monoisotopic (exact) mass is 264 g/mol. The summed E-state index contributed by atoms with van der Waals surface area (Å²) in [6.07, 6.45) is 3.09. The van der Waals surface area contributed by atoms with Gasteiger partial charge < -0.3 is 10.4 Å². The van der Waals surface area contributed by atoms with E-state index in [1.54, 1.807) is 0 Å². The van der Waals surface area contributed by atoms with Crippen LogP contribution in [0.2, 0.25) is 0 Å². The molecule has 0 unspecified atom stereocenters. The maximum atomic E-state index is 11.5. The first-order valence-corrected chi connectivity index (χ1v) is 7.57. The average molecular weight is 264 g/mol. The summed E-state index contributed by atoms with van der Waals surface area (Å²) >= 11 is 0. The SMILES string of the molecule is O=C(O)CCCS(=O)(=O)NCC[C@@H]1CCCN1. The van der Waals surface area contributed by atoms with Crippen LogP contribution in [0.4, 0.5) is 0 Å². The number of nitrogens with one attached hydrogen (secondary N) is 2. The highest BCUT2D eigenvalue weighted by molar-refractivity contribution is 7.89. The van der Waals surface area contributed by atoms with Gasteiger partial charge in [-0.1, -0.05) is 0 Å². The summed E-state index contributed by atoms with van der Waals surface area (Å²) in [5.41, 5.74) is 0. The third-order valence-electron chi connectivity index (χ3n) is 2.78. The van der Waals surface area contributed by atoms with Gasteiger partial charge in [0.15, 0.2) is 0 Å². The Morgan fingerprint density at radius 1 is 1.47 bits per heavy atom. The number of sulfonamides is 1. The lowest BCUT2D eigenvalue weighted by atomic mass is 10.2. The number of carboxylic acid groups (broad SMARTS) is 1. The second kappa shape index (κ2) is 6.93. The number of hydrogen-bond acceptors (Lipinski definition) is 4. The van der Waals surface area contributed by atoms with Crippen molar-refractivity contribution >= 4 is 16.0 Å². The summed E-state index contributed by atoms with van der Waals surface area (Å²) in [5, 5.41) is 11.7. The van der Waals surface area contributed by atoms with Gasteiger partial charge in [-0.25, -0.2) is 13.1 Å². The Morgan fingerprint density at radius 2 is 2.24 bits per heavy atom. The third-order valence-corrected chi connectivity index (χ3v) is 4.25. The van der Waals surface area contributed by atoms with Gasteiger partial charge >= 0.3 is 5.97 Å². The molecule has 0 aromatic rings. The maximum Gasteiger partial charge on any atom is 0.303 e. The molecule has 100 valence electrons. The van der Waals surface area contributed by atoms with Crippen molar-refractivity contribution in [1.82, 2.24) is 10.0 Å². The molecule has 0 radical (unpaired) electrons. The molecule has 0 aromatic heterocycles. The molecular formula is C10H20N2O4S. The lowest BCUT2D eigenvalue weighted by Gasteiger charge is -2.10. The second-order valence-corrected chi connectivity index (χ2v) is 6.22. The van der Waals surface area contributed by atoms with Crippen molar-refractivity contribution in [2.75, 3.05) is 18.8 Å². The Bertz CT molecular complexity index is 336. The van der Waals surface area contributed by atoms with Crippen LogP contribution in [0.3, 0.4) is 0 Å². The molecule has 17 heavy (non-hydrogen) atoms. The normalized spacial score (nSPS) is 20.6. The van der Waals surface area contributed by atoms with E-state index >= 15 is 0 Å². The Morgan fingerprint density at radius 3 is 2.82 bits per heavy atom. The van der Waals surface area contributed by atoms with Crippen LogP contribution in [0.15, 0.2) is 0 Å². The summed E-state index contributed by atoms with van der Waals surface area (Å²) in [5.74, 6) is -1.08. The predicted octanol–water partition coefficient (Wildman–Crippen LogP) is -0.0873. The first kappa shape index (κ1) is 14.4. The zero-order chi connectivity index (χ0) is 12.7. The van der Waals surface area contributed by atoms with E-state index in [1.807, 2.05) is 0 Å². The smallest absolute Gasteiger partial charge is 0.303 e. The molecule has 1 heterocycles. The summed E-state index contributed by atoms with van der Waals surface area (Å²) < 4.78 is 25.4. The van der Waals surface area contributed by atoms with Gasteiger partial charge in [0.2, 0.25) is 10.0 Å². The largest absolute Gasteiger partial charge is 0.481 e. The van der Waals surface area contributed by atoms with Gasteiger partial charge in [-0.15, -0.1) is 0 Å². The van der Waals surface area contributed by atoms with Gasteiger partial charge in [0, 0.05) is 19.0 Å². The van der Waals surface area contributed by atoms with E-state index in [2.05, 4.69) is 10.0 Å². The van der Waals surface area contributed by atoms with Crippen molar-refractivity contribution in [1.29, 1.82) is 0 Å². The van der Waals surface area contributed by atoms with E-state index in [0.717, 1.165) is 25.8 Å². The molecule has 0 bridgehead atoms. The van der Waals surface area contributed by atoms with Crippen molar-refractivity contribution in [2.45, 2.75) is 38.1 Å². The topological polar surface area (TPSA) is 95.5 Å². The Hall–Kier alpha value is -0.660.